The molecular formula is C14H11F3N4O3S3. The average Bonchev–Trinajstić information content (AvgIpc) is 3.04. The van der Waals surface area contributed by atoms with Gasteiger partial charge in [-0.15, -0.1) is 28.5 Å². The number of benzene rings is 1. The second-order valence-corrected chi connectivity index (χ2v) is 8.01. The third-order valence-corrected chi connectivity index (χ3v) is 5.85. The molecular weight excluding hydrogens is 425 g/mol. The number of carbonyl (C=O) groups is 1. The van der Waals surface area contributed by atoms with Gasteiger partial charge in [-0.3, -0.25) is 20.2 Å². The number of nitrogens with one attached hydrogen (secondary N) is 1. The number of alkyl halides is 3. The number of amides is 1. The number of hydrogen-bond donors (Lipinski definition) is 1. The summed E-state index contributed by atoms with van der Waals surface area (Å²) < 4.78 is 38.7. The zero-order valence-corrected chi connectivity index (χ0v) is 15.8. The van der Waals surface area contributed by atoms with Crippen LogP contribution >= 0.6 is 34.9 Å². The molecule has 0 unspecified atom stereocenters. The van der Waals surface area contributed by atoms with Crippen LogP contribution in [0.15, 0.2) is 40.1 Å². The summed E-state index contributed by atoms with van der Waals surface area (Å²) in [6.45, 7) is 3.58. The smallest absolute Gasteiger partial charge is 0.300 e. The summed E-state index contributed by atoms with van der Waals surface area (Å²) in [5.41, 5.74) is -1.83. The van der Waals surface area contributed by atoms with Crippen LogP contribution in [0.5, 0.6) is 0 Å². The molecule has 0 saturated heterocycles. The molecule has 0 aliphatic rings. The molecule has 0 atom stereocenters. The first-order valence-electron chi connectivity index (χ1n) is 7.06. The molecule has 0 spiro atoms. The second-order valence-electron chi connectivity index (χ2n) is 4.75. The summed E-state index contributed by atoms with van der Waals surface area (Å²) in [7, 11) is 0. The van der Waals surface area contributed by atoms with Gasteiger partial charge >= 0.3 is 6.18 Å². The molecule has 13 heteroatoms. The van der Waals surface area contributed by atoms with Crippen molar-refractivity contribution in [2.24, 2.45) is 0 Å². The highest BCUT2D eigenvalue weighted by molar-refractivity contribution is 8.01. The monoisotopic (exact) mass is 436 g/mol. The number of aromatic nitrogens is 2. The van der Waals surface area contributed by atoms with Gasteiger partial charge in [-0.2, -0.15) is 13.2 Å². The van der Waals surface area contributed by atoms with Crippen molar-refractivity contribution in [2.45, 2.75) is 15.4 Å². The Kier molecular flexibility index (Phi) is 7.21. The van der Waals surface area contributed by atoms with Gasteiger partial charge in [0.2, 0.25) is 11.0 Å². The summed E-state index contributed by atoms with van der Waals surface area (Å²) in [5, 5.41) is 21.4. The quantitative estimate of drug-likeness (QED) is 0.214. The predicted molar refractivity (Wildman–Crippen MR) is 98.3 cm³/mol. The van der Waals surface area contributed by atoms with E-state index in [-0.39, 0.29) is 15.8 Å². The van der Waals surface area contributed by atoms with Gasteiger partial charge in [0.15, 0.2) is 4.34 Å². The topological polar surface area (TPSA) is 98.0 Å². The van der Waals surface area contributed by atoms with Gasteiger partial charge in [-0.25, -0.2) is 0 Å². The lowest BCUT2D eigenvalue weighted by molar-refractivity contribution is -0.388. The molecule has 1 aromatic heterocycles. The number of nitro groups is 1. The minimum atomic E-state index is -4.69. The Balaban J connectivity index is 2.01. The van der Waals surface area contributed by atoms with Crippen molar-refractivity contribution in [2.75, 3.05) is 16.8 Å². The van der Waals surface area contributed by atoms with Gasteiger partial charge in [-0.05, 0) is 12.1 Å². The van der Waals surface area contributed by atoms with Crippen LogP contribution in [0.4, 0.5) is 24.0 Å². The highest BCUT2D eigenvalue weighted by atomic mass is 32.2. The standard InChI is InChI=1S/C14H11F3N4O3S3/c1-2-5-25-13-20-19-12(27-13)18-11(22)7-26-10-4-3-8(14(15,16)17)6-9(10)21(23)24/h2-4,6H,1,5,7H2,(H,18,19,22). The van der Waals surface area contributed by atoms with Gasteiger partial charge in [0.05, 0.1) is 21.1 Å². The highest BCUT2D eigenvalue weighted by Gasteiger charge is 2.33. The van der Waals surface area contributed by atoms with Crippen LogP contribution in [0.25, 0.3) is 0 Å². The first-order valence-corrected chi connectivity index (χ1v) is 9.85. The minimum absolute atomic E-state index is 0.0392. The Morgan fingerprint density at radius 1 is 1.37 bits per heavy atom. The van der Waals surface area contributed by atoms with Crippen molar-refractivity contribution in [1.82, 2.24) is 10.2 Å². The number of nitrogens with zero attached hydrogens (tertiary/aromatic N) is 3. The van der Waals surface area contributed by atoms with E-state index < -0.39 is 28.3 Å². The minimum Gasteiger partial charge on any atom is -0.300 e. The van der Waals surface area contributed by atoms with Gasteiger partial charge in [0, 0.05) is 11.8 Å². The van der Waals surface area contributed by atoms with E-state index >= 15 is 0 Å². The molecule has 27 heavy (non-hydrogen) atoms. The van der Waals surface area contributed by atoms with Crippen LogP contribution in [-0.2, 0) is 11.0 Å². The van der Waals surface area contributed by atoms with Crippen LogP contribution in [0.3, 0.4) is 0 Å². The van der Waals surface area contributed by atoms with Crippen molar-refractivity contribution < 1.29 is 22.9 Å². The second kappa shape index (κ2) is 9.19. The fourth-order valence-corrected chi connectivity index (χ4v) is 4.04. The molecule has 0 bridgehead atoms. The van der Waals surface area contributed by atoms with Crippen molar-refractivity contribution in [3.05, 3.63) is 46.5 Å². The number of halogens is 3. The normalized spacial score (nSPS) is 11.2. The van der Waals surface area contributed by atoms with Gasteiger partial charge < -0.3 is 0 Å². The molecule has 0 fully saturated rings. The van der Waals surface area contributed by atoms with E-state index in [1.165, 1.54) is 11.8 Å². The summed E-state index contributed by atoms with van der Waals surface area (Å²) >= 11 is 3.30. The van der Waals surface area contributed by atoms with E-state index in [1.807, 2.05) is 0 Å². The van der Waals surface area contributed by atoms with Crippen LogP contribution < -0.4 is 5.32 Å². The summed E-state index contributed by atoms with van der Waals surface area (Å²) in [5.74, 6) is -0.109. The maximum Gasteiger partial charge on any atom is 0.416 e. The van der Waals surface area contributed by atoms with Crippen molar-refractivity contribution >= 4 is 51.6 Å². The third kappa shape index (κ3) is 6.22. The lowest BCUT2D eigenvalue weighted by atomic mass is 10.2. The molecule has 1 heterocycles. The van der Waals surface area contributed by atoms with Crippen molar-refractivity contribution in [3.63, 3.8) is 0 Å². The molecule has 0 aliphatic heterocycles. The van der Waals surface area contributed by atoms with Crippen molar-refractivity contribution in [1.29, 1.82) is 0 Å². The number of carbonyl (C=O) groups excluding carboxylic acids is 1. The average molecular weight is 436 g/mol. The van der Waals surface area contributed by atoms with E-state index in [2.05, 4.69) is 22.1 Å². The fourth-order valence-electron chi connectivity index (χ4n) is 1.71. The number of nitro benzene ring substituents is 1. The molecule has 0 saturated carbocycles. The predicted octanol–water partition coefficient (Wildman–Crippen LogP) is 4.47. The zero-order valence-electron chi connectivity index (χ0n) is 13.4. The van der Waals surface area contributed by atoms with E-state index in [0.29, 0.717) is 16.2 Å². The molecule has 1 amide bonds. The van der Waals surface area contributed by atoms with Crippen LogP contribution in [0, 0.1) is 10.1 Å². The molecule has 7 nitrogen and oxygen atoms in total. The molecule has 1 N–H and O–H groups in total. The largest absolute Gasteiger partial charge is 0.416 e. The van der Waals surface area contributed by atoms with E-state index in [0.717, 1.165) is 35.2 Å². The Morgan fingerprint density at radius 2 is 2.11 bits per heavy atom. The Hall–Kier alpha value is -2.12. The molecule has 0 aliphatic carbocycles. The molecule has 0 radical (unpaired) electrons. The van der Waals surface area contributed by atoms with Crippen LogP contribution in [-0.4, -0.2) is 32.5 Å². The fraction of sp³-hybridized carbons (Fsp3) is 0.214. The lowest BCUT2D eigenvalue weighted by Gasteiger charge is -2.08. The van der Waals surface area contributed by atoms with Gasteiger partial charge in [0.1, 0.15) is 0 Å². The Labute approximate surface area is 163 Å². The maximum absolute atomic E-state index is 12.7. The summed E-state index contributed by atoms with van der Waals surface area (Å²) in [6.07, 6.45) is -3.00. The van der Waals surface area contributed by atoms with E-state index in [1.54, 1.807) is 6.08 Å². The van der Waals surface area contributed by atoms with Crippen molar-refractivity contribution in [3.8, 4) is 0 Å². The van der Waals surface area contributed by atoms with Gasteiger partial charge in [0.25, 0.3) is 5.69 Å². The number of anilines is 1. The highest BCUT2D eigenvalue weighted by Crippen LogP contribution is 2.36. The molecule has 1 aromatic carbocycles. The van der Waals surface area contributed by atoms with E-state index in [4.69, 9.17) is 0 Å². The first kappa shape index (κ1) is 21.2. The maximum atomic E-state index is 12.7. The molecule has 2 rings (SSSR count). The Bertz CT molecular complexity index is 858. The summed E-state index contributed by atoms with van der Waals surface area (Å²) in [6, 6.07) is 2.17. The molecule has 144 valence electrons. The lowest BCUT2D eigenvalue weighted by Crippen LogP contribution is -2.14. The Morgan fingerprint density at radius 3 is 2.74 bits per heavy atom. The van der Waals surface area contributed by atoms with Crippen LogP contribution in [0.2, 0.25) is 0 Å². The third-order valence-electron chi connectivity index (χ3n) is 2.82. The molecule has 2 aromatic rings. The summed E-state index contributed by atoms with van der Waals surface area (Å²) in [4.78, 5) is 22.0. The number of rotatable bonds is 8. The zero-order chi connectivity index (χ0) is 20.0. The number of hydrogen-bond acceptors (Lipinski definition) is 8. The van der Waals surface area contributed by atoms with Gasteiger partial charge in [-0.1, -0.05) is 29.2 Å². The SMILES string of the molecule is C=CCSc1nnc(NC(=O)CSc2ccc(C(F)(F)F)cc2[N+](=O)[O-])s1. The first-order chi connectivity index (χ1) is 12.7. The number of thioether (sulfide) groups is 2. The van der Waals surface area contributed by atoms with E-state index in [9.17, 15) is 28.1 Å². The van der Waals surface area contributed by atoms with Crippen LogP contribution in [0.1, 0.15) is 5.56 Å².